The molecule has 1 aliphatic rings. The molecule has 53 heavy (non-hydrogen) atoms. The molecule has 0 fully saturated rings. The van der Waals surface area contributed by atoms with Crippen molar-refractivity contribution in [1.82, 2.24) is 5.32 Å². The number of carbonyl (C=O) groups is 5. The van der Waals surface area contributed by atoms with Gasteiger partial charge in [0, 0.05) is 32.8 Å². The predicted molar refractivity (Wildman–Crippen MR) is 208 cm³/mol. The third kappa shape index (κ3) is 7.90. The minimum atomic E-state index is -0.511. The van der Waals surface area contributed by atoms with Gasteiger partial charge in [0.1, 0.15) is 5.70 Å². The molecule has 0 spiro atoms. The Morgan fingerprint density at radius 1 is 0.566 bits per heavy atom. The van der Waals surface area contributed by atoms with Crippen molar-refractivity contribution in [1.29, 1.82) is 0 Å². The maximum Gasteiger partial charge on any atom is 0.272 e. The first kappa shape index (κ1) is 34.6. The third-order valence-corrected chi connectivity index (χ3v) is 9.58. The van der Waals surface area contributed by atoms with Crippen LogP contribution in [0.5, 0.6) is 0 Å². The maximum absolute atomic E-state index is 13.6. The van der Waals surface area contributed by atoms with Crippen molar-refractivity contribution in [2.45, 2.75) is 4.90 Å². The number of hydrogen-bond donors (Lipinski definition) is 3. The lowest BCUT2D eigenvalue weighted by atomic mass is 9.83. The molecule has 0 unspecified atom stereocenters. The first-order chi connectivity index (χ1) is 25.8. The Labute approximate surface area is 310 Å². The fraction of sp³-hybridized carbons (Fsp3) is 0.0227. The zero-order chi connectivity index (χ0) is 36.7. The molecule has 9 heteroatoms. The van der Waals surface area contributed by atoms with E-state index in [9.17, 15) is 24.0 Å². The Morgan fingerprint density at radius 2 is 1.17 bits per heavy atom. The lowest BCUT2D eigenvalue weighted by Crippen LogP contribution is -2.30. The summed E-state index contributed by atoms with van der Waals surface area (Å²) in [6.45, 7) is 0. The van der Waals surface area contributed by atoms with Gasteiger partial charge in [0.15, 0.2) is 11.6 Å². The summed E-state index contributed by atoms with van der Waals surface area (Å²) in [5.74, 6) is -1.81. The third-order valence-electron chi connectivity index (χ3n) is 8.57. The molecular formula is C44H31N3O5S. The largest absolute Gasteiger partial charge is 0.325 e. The van der Waals surface area contributed by atoms with Crippen molar-refractivity contribution in [2.75, 3.05) is 16.4 Å². The molecule has 0 heterocycles. The highest BCUT2D eigenvalue weighted by Crippen LogP contribution is 2.32. The minimum absolute atomic E-state index is 0.0373. The first-order valence-electron chi connectivity index (χ1n) is 16.7. The molecule has 6 aromatic carbocycles. The number of fused-ring (bicyclic) bond motifs is 2. The molecule has 1 aliphatic carbocycles. The quantitative estimate of drug-likeness (QED) is 0.0970. The second-order valence-corrected chi connectivity index (χ2v) is 13.2. The summed E-state index contributed by atoms with van der Waals surface area (Å²) in [7, 11) is 0. The number of benzene rings is 6. The van der Waals surface area contributed by atoms with Gasteiger partial charge in [0.05, 0.1) is 17.0 Å². The van der Waals surface area contributed by atoms with Crippen LogP contribution in [0.25, 0.3) is 17.2 Å². The van der Waals surface area contributed by atoms with Crippen LogP contribution in [0.4, 0.5) is 11.4 Å². The number of nitrogens with one attached hydrogen (secondary N) is 3. The molecule has 258 valence electrons. The summed E-state index contributed by atoms with van der Waals surface area (Å²) < 4.78 is 0. The highest BCUT2D eigenvalue weighted by atomic mass is 32.2. The van der Waals surface area contributed by atoms with E-state index in [1.54, 1.807) is 97.1 Å². The van der Waals surface area contributed by atoms with Gasteiger partial charge in [-0.2, -0.15) is 0 Å². The lowest BCUT2D eigenvalue weighted by molar-refractivity contribution is -0.114. The van der Waals surface area contributed by atoms with E-state index < -0.39 is 11.8 Å². The summed E-state index contributed by atoms with van der Waals surface area (Å²) in [6, 6.07) is 44.7. The Balaban J connectivity index is 1.01. The SMILES string of the molecule is O=C(CSc1ccc(NC(=O)/C(=C/c2ccc(-c3ccccc3)cc2)NC(=O)c2ccccc2)cc1)Nc1cccc2c1C(=O)c1ccccc1C2=O. The molecule has 3 N–H and O–H groups in total. The molecule has 8 nitrogen and oxygen atoms in total. The van der Waals surface area contributed by atoms with Gasteiger partial charge in [-0.1, -0.05) is 109 Å². The topological polar surface area (TPSA) is 121 Å². The van der Waals surface area contributed by atoms with Gasteiger partial charge in [-0.25, -0.2) is 0 Å². The number of carbonyl (C=O) groups excluding carboxylic acids is 5. The van der Waals surface area contributed by atoms with Crippen LogP contribution < -0.4 is 16.0 Å². The Hall–Kier alpha value is -6.84. The van der Waals surface area contributed by atoms with E-state index >= 15 is 0 Å². The Bertz CT molecular complexity index is 2390. The van der Waals surface area contributed by atoms with Crippen LogP contribution in [-0.2, 0) is 9.59 Å². The molecule has 0 atom stereocenters. The second-order valence-electron chi connectivity index (χ2n) is 12.1. The second kappa shape index (κ2) is 15.6. The molecule has 0 aromatic heterocycles. The molecular weight excluding hydrogens is 683 g/mol. The normalized spacial score (nSPS) is 12.0. The van der Waals surface area contributed by atoms with E-state index in [0.717, 1.165) is 21.6 Å². The highest BCUT2D eigenvalue weighted by Gasteiger charge is 2.31. The van der Waals surface area contributed by atoms with Crippen LogP contribution in [-0.4, -0.2) is 35.0 Å². The molecule has 0 radical (unpaired) electrons. The molecule has 7 rings (SSSR count). The zero-order valence-electron chi connectivity index (χ0n) is 28.2. The lowest BCUT2D eigenvalue weighted by Gasteiger charge is -2.20. The monoisotopic (exact) mass is 713 g/mol. The van der Waals surface area contributed by atoms with Crippen molar-refractivity contribution < 1.29 is 24.0 Å². The number of rotatable bonds is 10. The van der Waals surface area contributed by atoms with Gasteiger partial charge >= 0.3 is 0 Å². The maximum atomic E-state index is 13.6. The Kier molecular flexibility index (Phi) is 10.2. The Morgan fingerprint density at radius 3 is 1.87 bits per heavy atom. The average Bonchev–Trinajstić information content (AvgIpc) is 3.20. The standard InChI is InChI=1S/C44H31N3O5S/c48-39(46-37-17-9-16-36-40(37)42(50)35-15-8-7-14-34(35)41(36)49)27-53-33-24-22-32(23-25-33)45-44(52)38(47-43(51)31-12-5-2-6-13-31)26-28-18-20-30(21-19-28)29-10-3-1-4-11-29/h1-26H,27H2,(H,45,52)(H,46,48)(H,47,51)/b38-26-. The van der Waals surface area contributed by atoms with Crippen LogP contribution in [0.2, 0.25) is 0 Å². The van der Waals surface area contributed by atoms with Crippen molar-refractivity contribution in [3.63, 3.8) is 0 Å². The van der Waals surface area contributed by atoms with Crippen LogP contribution in [0, 0.1) is 0 Å². The van der Waals surface area contributed by atoms with Gasteiger partial charge in [0.25, 0.3) is 11.8 Å². The molecule has 6 aromatic rings. The highest BCUT2D eigenvalue weighted by molar-refractivity contribution is 8.00. The van der Waals surface area contributed by atoms with Gasteiger partial charge < -0.3 is 16.0 Å². The smallest absolute Gasteiger partial charge is 0.272 e. The summed E-state index contributed by atoms with van der Waals surface area (Å²) in [5.41, 5.74) is 5.17. The summed E-state index contributed by atoms with van der Waals surface area (Å²) in [4.78, 5) is 66.8. The fourth-order valence-electron chi connectivity index (χ4n) is 5.93. The summed E-state index contributed by atoms with van der Waals surface area (Å²) in [5, 5.41) is 8.42. The number of ketones is 2. The van der Waals surface area contributed by atoms with Crippen LogP contribution in [0.3, 0.4) is 0 Å². The number of amides is 3. The molecule has 0 aliphatic heterocycles. The van der Waals surface area contributed by atoms with Crippen molar-refractivity contribution >= 4 is 58.5 Å². The van der Waals surface area contributed by atoms with Crippen LogP contribution >= 0.6 is 11.8 Å². The fourth-order valence-corrected chi connectivity index (χ4v) is 6.63. The van der Waals surface area contributed by atoms with Gasteiger partial charge in [-0.3, -0.25) is 24.0 Å². The first-order valence-corrected chi connectivity index (χ1v) is 17.7. The number of anilines is 2. The van der Waals surface area contributed by atoms with E-state index in [-0.39, 0.29) is 45.7 Å². The van der Waals surface area contributed by atoms with Crippen molar-refractivity contribution in [2.24, 2.45) is 0 Å². The number of hydrogen-bond acceptors (Lipinski definition) is 6. The van der Waals surface area contributed by atoms with E-state index in [1.165, 1.54) is 11.8 Å². The number of thioether (sulfide) groups is 1. The minimum Gasteiger partial charge on any atom is -0.325 e. The van der Waals surface area contributed by atoms with Crippen LogP contribution in [0.15, 0.2) is 162 Å². The van der Waals surface area contributed by atoms with Gasteiger partial charge in [-0.05, 0) is 65.2 Å². The van der Waals surface area contributed by atoms with E-state index in [1.807, 2.05) is 60.7 Å². The summed E-state index contributed by atoms with van der Waals surface area (Å²) >= 11 is 1.27. The van der Waals surface area contributed by atoms with E-state index in [2.05, 4.69) is 16.0 Å². The van der Waals surface area contributed by atoms with E-state index in [4.69, 9.17) is 0 Å². The van der Waals surface area contributed by atoms with Crippen molar-refractivity contribution in [3.8, 4) is 11.1 Å². The van der Waals surface area contributed by atoms with E-state index in [0.29, 0.717) is 22.4 Å². The van der Waals surface area contributed by atoms with Gasteiger partial charge in [0.2, 0.25) is 5.91 Å². The van der Waals surface area contributed by atoms with Crippen LogP contribution in [0.1, 0.15) is 47.8 Å². The zero-order valence-corrected chi connectivity index (χ0v) is 29.0. The molecule has 0 bridgehead atoms. The van der Waals surface area contributed by atoms with Crippen molar-refractivity contribution in [3.05, 3.63) is 191 Å². The average molecular weight is 714 g/mol. The molecule has 3 amide bonds. The molecule has 0 saturated carbocycles. The predicted octanol–water partition coefficient (Wildman–Crippen LogP) is 8.27. The van der Waals surface area contributed by atoms with Gasteiger partial charge in [-0.15, -0.1) is 11.8 Å². The molecule has 0 saturated heterocycles. The summed E-state index contributed by atoms with van der Waals surface area (Å²) in [6.07, 6.45) is 1.62.